The Balaban J connectivity index is 1.41. The van der Waals surface area contributed by atoms with E-state index in [2.05, 4.69) is 10.2 Å². The summed E-state index contributed by atoms with van der Waals surface area (Å²) in [5.74, 6) is 0.489. The molecule has 0 spiro atoms. The Labute approximate surface area is 164 Å². The molecule has 2 aromatic carbocycles. The number of sulfonamides is 1. The van der Waals surface area contributed by atoms with Gasteiger partial charge in [0.1, 0.15) is 0 Å². The van der Waals surface area contributed by atoms with Gasteiger partial charge >= 0.3 is 6.01 Å². The predicted octanol–water partition coefficient (Wildman–Crippen LogP) is 2.70. The SMILES string of the molecule is Cc1ccccc1CS(=O)(=O)N1CCN(c2nnc(-c3ccccc3)o2)CC1. The van der Waals surface area contributed by atoms with Crippen molar-refractivity contribution in [3.63, 3.8) is 0 Å². The molecule has 2 heterocycles. The number of rotatable bonds is 5. The molecule has 1 aliphatic heterocycles. The van der Waals surface area contributed by atoms with Crippen LogP contribution in [-0.2, 0) is 15.8 Å². The van der Waals surface area contributed by atoms with Gasteiger partial charge in [-0.15, -0.1) is 5.10 Å². The van der Waals surface area contributed by atoms with E-state index in [-0.39, 0.29) is 5.75 Å². The van der Waals surface area contributed by atoms with Crippen LogP contribution < -0.4 is 4.90 Å². The van der Waals surface area contributed by atoms with Gasteiger partial charge in [0.25, 0.3) is 0 Å². The van der Waals surface area contributed by atoms with Crippen LogP contribution >= 0.6 is 0 Å². The van der Waals surface area contributed by atoms with Crippen LogP contribution in [0.3, 0.4) is 0 Å². The van der Waals surface area contributed by atoms with E-state index in [9.17, 15) is 8.42 Å². The normalized spacial score (nSPS) is 15.7. The number of benzene rings is 2. The van der Waals surface area contributed by atoms with Gasteiger partial charge in [0, 0.05) is 31.7 Å². The Morgan fingerprint density at radius 1 is 0.929 bits per heavy atom. The third-order valence-electron chi connectivity index (χ3n) is 4.94. The van der Waals surface area contributed by atoms with Crippen molar-refractivity contribution in [3.05, 3.63) is 65.7 Å². The van der Waals surface area contributed by atoms with Crippen LogP contribution in [0.1, 0.15) is 11.1 Å². The number of nitrogens with zero attached hydrogens (tertiary/aromatic N) is 4. The molecule has 1 aromatic heterocycles. The van der Waals surface area contributed by atoms with Gasteiger partial charge in [0.05, 0.1) is 5.75 Å². The molecule has 1 fully saturated rings. The molecule has 0 N–H and O–H groups in total. The monoisotopic (exact) mass is 398 g/mol. The first kappa shape index (κ1) is 18.6. The zero-order chi connectivity index (χ0) is 19.6. The van der Waals surface area contributed by atoms with Gasteiger partial charge in [-0.3, -0.25) is 0 Å². The van der Waals surface area contributed by atoms with Crippen LogP contribution in [0, 0.1) is 6.92 Å². The Kier molecular flexibility index (Phi) is 5.15. The van der Waals surface area contributed by atoms with Crippen molar-refractivity contribution in [1.29, 1.82) is 0 Å². The maximum Gasteiger partial charge on any atom is 0.318 e. The van der Waals surface area contributed by atoms with Crippen molar-refractivity contribution in [2.75, 3.05) is 31.1 Å². The number of aromatic nitrogens is 2. The van der Waals surface area contributed by atoms with Crippen LogP contribution in [-0.4, -0.2) is 49.1 Å². The van der Waals surface area contributed by atoms with Crippen molar-refractivity contribution < 1.29 is 12.8 Å². The standard InChI is InChI=1S/C20H22N4O3S/c1-16-7-5-6-10-18(16)15-28(25,26)24-13-11-23(12-14-24)20-22-21-19(27-20)17-8-3-2-4-9-17/h2-10H,11-15H2,1H3. The van der Waals surface area contributed by atoms with Crippen molar-refractivity contribution in [2.45, 2.75) is 12.7 Å². The molecule has 1 aliphatic rings. The second-order valence-electron chi connectivity index (χ2n) is 6.82. The Bertz CT molecular complexity index is 1040. The molecule has 7 nitrogen and oxygen atoms in total. The van der Waals surface area contributed by atoms with E-state index in [4.69, 9.17) is 4.42 Å². The molecule has 0 atom stereocenters. The molecule has 0 amide bonds. The minimum Gasteiger partial charge on any atom is -0.403 e. The van der Waals surface area contributed by atoms with Crippen LogP contribution in [0.15, 0.2) is 59.0 Å². The number of aryl methyl sites for hydroxylation is 1. The van der Waals surface area contributed by atoms with Crippen LogP contribution in [0.4, 0.5) is 6.01 Å². The molecule has 0 aliphatic carbocycles. The highest BCUT2D eigenvalue weighted by Crippen LogP contribution is 2.23. The second kappa shape index (κ2) is 7.73. The molecule has 8 heteroatoms. The highest BCUT2D eigenvalue weighted by Gasteiger charge is 2.29. The third kappa shape index (κ3) is 3.93. The molecule has 0 saturated carbocycles. The first-order chi connectivity index (χ1) is 13.5. The minimum atomic E-state index is -3.36. The number of hydrogen-bond acceptors (Lipinski definition) is 6. The number of anilines is 1. The second-order valence-corrected chi connectivity index (χ2v) is 8.79. The van der Waals surface area contributed by atoms with Crippen LogP contribution in [0.5, 0.6) is 0 Å². The lowest BCUT2D eigenvalue weighted by Crippen LogP contribution is -2.49. The van der Waals surface area contributed by atoms with E-state index >= 15 is 0 Å². The summed E-state index contributed by atoms with van der Waals surface area (Å²) in [6, 6.07) is 17.6. The summed E-state index contributed by atoms with van der Waals surface area (Å²) in [6.07, 6.45) is 0. The Morgan fingerprint density at radius 3 is 2.32 bits per heavy atom. The predicted molar refractivity (Wildman–Crippen MR) is 107 cm³/mol. The topological polar surface area (TPSA) is 79.5 Å². The van der Waals surface area contributed by atoms with E-state index in [1.165, 1.54) is 0 Å². The van der Waals surface area contributed by atoms with Gasteiger partial charge < -0.3 is 9.32 Å². The maximum atomic E-state index is 12.8. The first-order valence-corrected chi connectivity index (χ1v) is 10.8. The van der Waals surface area contributed by atoms with Crippen molar-refractivity contribution in [1.82, 2.24) is 14.5 Å². The zero-order valence-corrected chi connectivity index (χ0v) is 16.5. The lowest BCUT2D eigenvalue weighted by atomic mass is 10.1. The largest absolute Gasteiger partial charge is 0.403 e. The summed E-state index contributed by atoms with van der Waals surface area (Å²) in [4.78, 5) is 1.93. The van der Waals surface area contributed by atoms with Gasteiger partial charge in [0.15, 0.2) is 0 Å². The van der Waals surface area contributed by atoms with Crippen molar-refractivity contribution in [3.8, 4) is 11.5 Å². The van der Waals surface area contributed by atoms with E-state index in [0.717, 1.165) is 16.7 Å². The van der Waals surface area contributed by atoms with Crippen molar-refractivity contribution >= 4 is 16.0 Å². The maximum absolute atomic E-state index is 12.8. The van der Waals surface area contributed by atoms with Gasteiger partial charge in [-0.05, 0) is 30.2 Å². The molecular weight excluding hydrogens is 376 g/mol. The molecule has 28 heavy (non-hydrogen) atoms. The zero-order valence-electron chi connectivity index (χ0n) is 15.7. The lowest BCUT2D eigenvalue weighted by Gasteiger charge is -2.32. The number of piperazine rings is 1. The molecule has 146 valence electrons. The molecular formula is C20H22N4O3S. The molecule has 0 radical (unpaired) electrons. The molecule has 1 saturated heterocycles. The summed E-state index contributed by atoms with van der Waals surface area (Å²) in [5, 5.41) is 8.23. The first-order valence-electron chi connectivity index (χ1n) is 9.19. The molecule has 3 aromatic rings. The lowest BCUT2D eigenvalue weighted by molar-refractivity contribution is 0.372. The smallest absolute Gasteiger partial charge is 0.318 e. The van der Waals surface area contributed by atoms with Crippen LogP contribution in [0.25, 0.3) is 11.5 Å². The van der Waals surface area contributed by atoms with Gasteiger partial charge in [0.2, 0.25) is 15.9 Å². The average Bonchev–Trinajstić information content (AvgIpc) is 3.21. The summed E-state index contributed by atoms with van der Waals surface area (Å²) in [6.45, 7) is 3.77. The third-order valence-corrected chi connectivity index (χ3v) is 6.76. The number of hydrogen-bond donors (Lipinski definition) is 0. The van der Waals surface area contributed by atoms with E-state index in [1.54, 1.807) is 4.31 Å². The minimum absolute atomic E-state index is 0.0262. The van der Waals surface area contributed by atoms with Gasteiger partial charge in [-0.1, -0.05) is 47.6 Å². The van der Waals surface area contributed by atoms with E-state index in [1.807, 2.05) is 66.4 Å². The van der Waals surface area contributed by atoms with Gasteiger partial charge in [-0.2, -0.15) is 4.31 Å². The highest BCUT2D eigenvalue weighted by atomic mass is 32.2. The summed E-state index contributed by atoms with van der Waals surface area (Å²) >= 11 is 0. The average molecular weight is 398 g/mol. The van der Waals surface area contributed by atoms with Crippen LogP contribution in [0.2, 0.25) is 0 Å². The fraction of sp³-hybridized carbons (Fsp3) is 0.300. The Morgan fingerprint density at radius 2 is 1.61 bits per heavy atom. The summed E-state index contributed by atoms with van der Waals surface area (Å²) < 4.78 is 32.9. The quantitative estimate of drug-likeness (QED) is 0.657. The fourth-order valence-electron chi connectivity index (χ4n) is 3.26. The fourth-order valence-corrected chi connectivity index (χ4v) is 4.88. The highest BCUT2D eigenvalue weighted by molar-refractivity contribution is 7.88. The summed E-state index contributed by atoms with van der Waals surface area (Å²) in [5.41, 5.74) is 2.69. The van der Waals surface area contributed by atoms with E-state index < -0.39 is 10.0 Å². The molecule has 4 rings (SSSR count). The van der Waals surface area contributed by atoms with E-state index in [0.29, 0.717) is 38.1 Å². The summed E-state index contributed by atoms with van der Waals surface area (Å²) in [7, 11) is -3.36. The van der Waals surface area contributed by atoms with Crippen molar-refractivity contribution in [2.24, 2.45) is 0 Å². The Hall–Kier alpha value is -2.71. The van der Waals surface area contributed by atoms with Gasteiger partial charge in [-0.25, -0.2) is 8.42 Å². The molecule has 0 unspecified atom stereocenters. The molecule has 0 bridgehead atoms.